The highest BCUT2D eigenvalue weighted by Gasteiger charge is 2.10. The molecule has 7 heteroatoms. The molecule has 0 unspecified atom stereocenters. The van der Waals surface area contributed by atoms with Gasteiger partial charge in [0.05, 0.1) is 13.4 Å². The number of furan rings is 1. The molecule has 0 aromatic carbocycles. The molecule has 2 rings (SSSR count). The summed E-state index contributed by atoms with van der Waals surface area (Å²) in [7, 11) is 1.54. The van der Waals surface area contributed by atoms with Crippen LogP contribution >= 0.6 is 0 Å². The van der Waals surface area contributed by atoms with Crippen LogP contribution in [0.15, 0.2) is 29.1 Å². The molecule has 0 aliphatic carbocycles. The summed E-state index contributed by atoms with van der Waals surface area (Å²) in [6, 6.07) is 3.78. The number of nitrogens with one attached hydrogen (secondary N) is 2. The van der Waals surface area contributed by atoms with Crippen molar-refractivity contribution in [2.75, 3.05) is 24.4 Å². The maximum Gasteiger partial charge on any atom is 0.205 e. The van der Waals surface area contributed by atoms with E-state index < -0.39 is 0 Å². The molecule has 0 amide bonds. The molecule has 2 heterocycles. The van der Waals surface area contributed by atoms with E-state index in [4.69, 9.17) is 15.0 Å². The van der Waals surface area contributed by atoms with E-state index in [2.05, 4.69) is 20.7 Å². The van der Waals surface area contributed by atoms with Crippen molar-refractivity contribution in [3.8, 4) is 5.75 Å². The van der Waals surface area contributed by atoms with Crippen LogP contribution in [0.4, 0.5) is 11.6 Å². The van der Waals surface area contributed by atoms with E-state index in [9.17, 15) is 0 Å². The number of anilines is 2. The average Bonchev–Trinajstić information content (AvgIpc) is 2.91. The predicted molar refractivity (Wildman–Crippen MR) is 67.3 cm³/mol. The highest BCUT2D eigenvalue weighted by atomic mass is 16.5. The van der Waals surface area contributed by atoms with Crippen molar-refractivity contribution in [1.82, 2.24) is 9.97 Å². The molecule has 7 nitrogen and oxygen atoms in total. The number of aromatic nitrogens is 2. The zero-order valence-corrected chi connectivity index (χ0v) is 10.0. The largest absolute Gasteiger partial charge is 0.490 e. The van der Waals surface area contributed by atoms with Crippen LogP contribution in [0, 0.1) is 0 Å². The average molecular weight is 249 g/mol. The van der Waals surface area contributed by atoms with Crippen LogP contribution in [0.3, 0.4) is 0 Å². The molecule has 0 bridgehead atoms. The minimum absolute atomic E-state index is 0.438. The van der Waals surface area contributed by atoms with Crippen LogP contribution in [0.1, 0.15) is 5.76 Å². The SMILES string of the molecule is COc1c(NN)ncnc1NCCc1ccco1. The third-order valence-corrected chi connectivity index (χ3v) is 2.39. The Bertz CT molecular complexity index is 486. The Balaban J connectivity index is 2.00. The smallest absolute Gasteiger partial charge is 0.205 e. The molecule has 18 heavy (non-hydrogen) atoms. The fourth-order valence-electron chi connectivity index (χ4n) is 1.55. The van der Waals surface area contributed by atoms with Gasteiger partial charge in [-0.15, -0.1) is 0 Å². The first-order valence-corrected chi connectivity index (χ1v) is 5.47. The summed E-state index contributed by atoms with van der Waals surface area (Å²) in [5.41, 5.74) is 2.46. The lowest BCUT2D eigenvalue weighted by Crippen LogP contribution is -2.13. The number of ether oxygens (including phenoxy) is 1. The summed E-state index contributed by atoms with van der Waals surface area (Å²) in [5, 5.41) is 3.15. The quantitative estimate of drug-likeness (QED) is 0.519. The first kappa shape index (κ1) is 12.2. The molecule has 2 aromatic heterocycles. The molecule has 96 valence electrons. The topological polar surface area (TPSA) is 98.2 Å². The minimum atomic E-state index is 0.438. The summed E-state index contributed by atoms with van der Waals surface area (Å²) in [6.45, 7) is 0.672. The van der Waals surface area contributed by atoms with Crippen LogP contribution in [0.2, 0.25) is 0 Å². The molecule has 2 aromatic rings. The Hall–Kier alpha value is -2.28. The standard InChI is InChI=1S/C11H15N5O2/c1-17-9-10(14-7-15-11(9)16-12)13-5-4-8-3-2-6-18-8/h2-3,6-7H,4-5,12H2,1H3,(H2,13,14,15,16). The fourth-order valence-corrected chi connectivity index (χ4v) is 1.55. The van der Waals surface area contributed by atoms with Gasteiger partial charge in [0.25, 0.3) is 0 Å². The summed E-state index contributed by atoms with van der Waals surface area (Å²) in [6.07, 6.45) is 3.82. The van der Waals surface area contributed by atoms with Gasteiger partial charge < -0.3 is 19.9 Å². The third kappa shape index (κ3) is 2.69. The second-order valence-corrected chi connectivity index (χ2v) is 3.50. The first-order chi connectivity index (χ1) is 8.85. The van der Waals surface area contributed by atoms with Gasteiger partial charge >= 0.3 is 0 Å². The van der Waals surface area contributed by atoms with Crippen molar-refractivity contribution < 1.29 is 9.15 Å². The van der Waals surface area contributed by atoms with Gasteiger partial charge in [0.2, 0.25) is 5.75 Å². The zero-order valence-electron chi connectivity index (χ0n) is 10.0. The Morgan fingerprint density at radius 3 is 2.89 bits per heavy atom. The fraction of sp³-hybridized carbons (Fsp3) is 0.273. The number of hydrazine groups is 1. The molecule has 0 saturated carbocycles. The molecular weight excluding hydrogens is 234 g/mol. The van der Waals surface area contributed by atoms with Gasteiger partial charge in [-0.2, -0.15) is 0 Å². The van der Waals surface area contributed by atoms with Crippen molar-refractivity contribution in [2.24, 2.45) is 5.84 Å². The Labute approximate surface area is 104 Å². The molecule has 0 atom stereocenters. The number of rotatable bonds is 6. The highest BCUT2D eigenvalue weighted by molar-refractivity contribution is 5.62. The Morgan fingerprint density at radius 1 is 1.39 bits per heavy atom. The zero-order chi connectivity index (χ0) is 12.8. The van der Waals surface area contributed by atoms with Gasteiger partial charge in [0.15, 0.2) is 11.6 Å². The second-order valence-electron chi connectivity index (χ2n) is 3.50. The maximum absolute atomic E-state index is 5.34. The highest BCUT2D eigenvalue weighted by Crippen LogP contribution is 2.27. The molecule has 0 aliphatic rings. The number of nitrogen functional groups attached to an aromatic ring is 1. The van der Waals surface area contributed by atoms with Crippen molar-refractivity contribution in [3.63, 3.8) is 0 Å². The molecule has 0 saturated heterocycles. The summed E-state index contributed by atoms with van der Waals surface area (Å²) in [5.74, 6) is 7.76. The summed E-state index contributed by atoms with van der Waals surface area (Å²) < 4.78 is 10.4. The second kappa shape index (κ2) is 5.87. The summed E-state index contributed by atoms with van der Waals surface area (Å²) in [4.78, 5) is 8.06. The van der Waals surface area contributed by atoms with E-state index in [0.29, 0.717) is 23.9 Å². The lowest BCUT2D eigenvalue weighted by atomic mass is 10.3. The van der Waals surface area contributed by atoms with Gasteiger partial charge in [-0.05, 0) is 12.1 Å². The van der Waals surface area contributed by atoms with Gasteiger partial charge in [0, 0.05) is 13.0 Å². The van der Waals surface area contributed by atoms with E-state index in [0.717, 1.165) is 12.2 Å². The summed E-state index contributed by atoms with van der Waals surface area (Å²) >= 11 is 0. The predicted octanol–water partition coefficient (Wildman–Crippen LogP) is 1.02. The van der Waals surface area contributed by atoms with Crippen molar-refractivity contribution in [3.05, 3.63) is 30.5 Å². The molecular formula is C11H15N5O2. The van der Waals surface area contributed by atoms with Crippen LogP contribution in [0.5, 0.6) is 5.75 Å². The molecule has 0 spiro atoms. The van der Waals surface area contributed by atoms with E-state index in [1.54, 1.807) is 6.26 Å². The van der Waals surface area contributed by atoms with Crippen LogP contribution in [-0.4, -0.2) is 23.6 Å². The van der Waals surface area contributed by atoms with Gasteiger partial charge in [-0.1, -0.05) is 0 Å². The molecule has 0 radical (unpaired) electrons. The third-order valence-electron chi connectivity index (χ3n) is 2.39. The van der Waals surface area contributed by atoms with E-state index in [-0.39, 0.29) is 0 Å². The first-order valence-electron chi connectivity index (χ1n) is 5.47. The number of hydrogen-bond donors (Lipinski definition) is 3. The molecule has 0 aliphatic heterocycles. The van der Waals surface area contributed by atoms with E-state index in [1.165, 1.54) is 13.4 Å². The number of hydrogen-bond acceptors (Lipinski definition) is 7. The Kier molecular flexibility index (Phi) is 3.98. The Morgan fingerprint density at radius 2 is 2.22 bits per heavy atom. The number of nitrogens with zero attached hydrogens (tertiary/aromatic N) is 2. The number of methoxy groups -OCH3 is 1. The van der Waals surface area contributed by atoms with E-state index >= 15 is 0 Å². The molecule has 4 N–H and O–H groups in total. The number of nitrogens with two attached hydrogens (primary N) is 1. The maximum atomic E-state index is 5.34. The van der Waals surface area contributed by atoms with Gasteiger partial charge in [-0.3, -0.25) is 0 Å². The van der Waals surface area contributed by atoms with Gasteiger partial charge in [0.1, 0.15) is 12.1 Å². The monoisotopic (exact) mass is 249 g/mol. The molecule has 0 fully saturated rings. The van der Waals surface area contributed by atoms with Crippen molar-refractivity contribution in [2.45, 2.75) is 6.42 Å². The van der Waals surface area contributed by atoms with Crippen LogP contribution in [-0.2, 0) is 6.42 Å². The van der Waals surface area contributed by atoms with Crippen molar-refractivity contribution >= 4 is 11.6 Å². The lowest BCUT2D eigenvalue weighted by molar-refractivity contribution is 0.414. The lowest BCUT2D eigenvalue weighted by Gasteiger charge is -2.11. The van der Waals surface area contributed by atoms with Gasteiger partial charge in [-0.25, -0.2) is 15.8 Å². The van der Waals surface area contributed by atoms with Crippen LogP contribution in [0.25, 0.3) is 0 Å². The minimum Gasteiger partial charge on any atom is -0.490 e. The van der Waals surface area contributed by atoms with Crippen LogP contribution < -0.4 is 21.3 Å². The normalized spacial score (nSPS) is 10.1. The van der Waals surface area contributed by atoms with E-state index in [1.807, 2.05) is 12.1 Å². The van der Waals surface area contributed by atoms with Crippen molar-refractivity contribution in [1.29, 1.82) is 0 Å².